The highest BCUT2D eigenvalue weighted by atomic mass is 79.9. The molecule has 0 fully saturated rings. The zero-order chi connectivity index (χ0) is 19.8. The third kappa shape index (κ3) is 5.75. The van der Waals surface area contributed by atoms with E-state index >= 15 is 0 Å². The number of hydrogen-bond donors (Lipinski definition) is 1. The molecule has 5 nitrogen and oxygen atoms in total. The number of rotatable bonds is 7. The van der Waals surface area contributed by atoms with Crippen LogP contribution in [0.25, 0.3) is 6.08 Å². The van der Waals surface area contributed by atoms with Crippen LogP contribution in [-0.4, -0.2) is 19.1 Å². The fourth-order valence-corrected chi connectivity index (χ4v) is 2.97. The SMILES string of the molecule is CCOc1cc(/C=C(/C#N)C(=O)Nc2ccc(Cl)cc2)cc(Br)c1OCC. The van der Waals surface area contributed by atoms with Gasteiger partial charge in [0.05, 0.1) is 17.7 Å². The van der Waals surface area contributed by atoms with Crippen LogP contribution in [-0.2, 0) is 4.79 Å². The van der Waals surface area contributed by atoms with Gasteiger partial charge >= 0.3 is 0 Å². The maximum atomic E-state index is 12.4. The molecular formula is C20H18BrClN2O3. The van der Waals surface area contributed by atoms with Crippen molar-refractivity contribution >= 4 is 45.2 Å². The molecule has 2 rings (SSSR count). The van der Waals surface area contributed by atoms with Gasteiger partial charge in [-0.25, -0.2) is 0 Å². The predicted octanol–water partition coefficient (Wildman–Crippen LogP) is 5.45. The molecule has 0 aromatic heterocycles. The van der Waals surface area contributed by atoms with Gasteiger partial charge in [0.15, 0.2) is 11.5 Å². The lowest BCUT2D eigenvalue weighted by Crippen LogP contribution is -2.13. The summed E-state index contributed by atoms with van der Waals surface area (Å²) in [5, 5.41) is 12.6. The largest absolute Gasteiger partial charge is 0.490 e. The quantitative estimate of drug-likeness (QED) is 0.451. The summed E-state index contributed by atoms with van der Waals surface area (Å²) in [6.07, 6.45) is 1.49. The van der Waals surface area contributed by atoms with Gasteiger partial charge < -0.3 is 14.8 Å². The lowest BCUT2D eigenvalue weighted by atomic mass is 10.1. The highest BCUT2D eigenvalue weighted by Crippen LogP contribution is 2.37. The van der Waals surface area contributed by atoms with Gasteiger partial charge in [0, 0.05) is 10.7 Å². The molecule has 2 aromatic carbocycles. The Morgan fingerprint density at radius 2 is 1.89 bits per heavy atom. The van der Waals surface area contributed by atoms with Crippen molar-refractivity contribution in [3.8, 4) is 17.6 Å². The summed E-state index contributed by atoms with van der Waals surface area (Å²) >= 11 is 9.28. The first-order valence-corrected chi connectivity index (χ1v) is 9.43. The van der Waals surface area contributed by atoms with Crippen molar-refractivity contribution in [3.63, 3.8) is 0 Å². The third-order valence-electron chi connectivity index (χ3n) is 3.40. The number of ether oxygens (including phenoxy) is 2. The van der Waals surface area contributed by atoms with Crippen LogP contribution in [0, 0.1) is 11.3 Å². The summed E-state index contributed by atoms with van der Waals surface area (Å²) in [5.74, 6) is 0.610. The fraction of sp³-hybridized carbons (Fsp3) is 0.200. The molecule has 0 saturated carbocycles. The van der Waals surface area contributed by atoms with E-state index in [0.717, 1.165) is 0 Å². The first kappa shape index (κ1) is 20.8. The normalized spacial score (nSPS) is 10.9. The van der Waals surface area contributed by atoms with Crippen LogP contribution in [0.4, 0.5) is 5.69 Å². The summed E-state index contributed by atoms with van der Waals surface area (Å²) < 4.78 is 11.9. The van der Waals surface area contributed by atoms with E-state index in [0.29, 0.717) is 45.5 Å². The molecular weight excluding hydrogens is 432 g/mol. The smallest absolute Gasteiger partial charge is 0.266 e. The second kappa shape index (κ2) is 10.0. The van der Waals surface area contributed by atoms with Gasteiger partial charge in [-0.2, -0.15) is 5.26 Å². The van der Waals surface area contributed by atoms with Gasteiger partial charge in [-0.05, 0) is 77.8 Å². The van der Waals surface area contributed by atoms with E-state index in [2.05, 4.69) is 21.2 Å². The van der Waals surface area contributed by atoms with E-state index in [1.807, 2.05) is 19.9 Å². The molecule has 0 saturated heterocycles. The number of halogens is 2. The van der Waals surface area contributed by atoms with E-state index in [4.69, 9.17) is 21.1 Å². The zero-order valence-electron chi connectivity index (χ0n) is 14.9. The molecule has 1 amide bonds. The molecule has 0 spiro atoms. The Morgan fingerprint density at radius 1 is 1.22 bits per heavy atom. The average Bonchev–Trinajstić information content (AvgIpc) is 2.64. The second-order valence-electron chi connectivity index (χ2n) is 5.33. The molecule has 27 heavy (non-hydrogen) atoms. The fourth-order valence-electron chi connectivity index (χ4n) is 2.27. The summed E-state index contributed by atoms with van der Waals surface area (Å²) in [6.45, 7) is 4.69. The van der Waals surface area contributed by atoms with Crippen molar-refractivity contribution in [2.24, 2.45) is 0 Å². The van der Waals surface area contributed by atoms with Crippen molar-refractivity contribution in [1.29, 1.82) is 5.26 Å². The molecule has 0 aliphatic rings. The number of carbonyl (C=O) groups excluding carboxylic acids is 1. The Labute approximate surface area is 171 Å². The van der Waals surface area contributed by atoms with Crippen LogP contribution in [0.15, 0.2) is 46.4 Å². The number of nitrogens with one attached hydrogen (secondary N) is 1. The van der Waals surface area contributed by atoms with Crippen LogP contribution >= 0.6 is 27.5 Å². The summed E-state index contributed by atoms with van der Waals surface area (Å²) in [4.78, 5) is 12.4. The lowest BCUT2D eigenvalue weighted by Gasteiger charge is -2.13. The molecule has 1 N–H and O–H groups in total. The molecule has 0 aliphatic heterocycles. The first-order valence-electron chi connectivity index (χ1n) is 8.26. The van der Waals surface area contributed by atoms with Crippen LogP contribution in [0.2, 0.25) is 5.02 Å². The Balaban J connectivity index is 2.31. The van der Waals surface area contributed by atoms with Crippen molar-refractivity contribution in [2.75, 3.05) is 18.5 Å². The van der Waals surface area contributed by atoms with Gasteiger partial charge in [-0.1, -0.05) is 11.6 Å². The van der Waals surface area contributed by atoms with Crippen molar-refractivity contribution in [1.82, 2.24) is 0 Å². The van der Waals surface area contributed by atoms with Crippen molar-refractivity contribution in [2.45, 2.75) is 13.8 Å². The van der Waals surface area contributed by atoms with E-state index in [1.54, 1.807) is 36.4 Å². The molecule has 0 atom stereocenters. The van der Waals surface area contributed by atoms with E-state index in [-0.39, 0.29) is 5.57 Å². The average molecular weight is 450 g/mol. The Bertz CT molecular complexity index is 889. The van der Waals surface area contributed by atoms with Crippen molar-refractivity contribution in [3.05, 3.63) is 57.0 Å². The topological polar surface area (TPSA) is 71.3 Å². The van der Waals surface area contributed by atoms with Crippen LogP contribution < -0.4 is 14.8 Å². The Morgan fingerprint density at radius 3 is 2.48 bits per heavy atom. The molecule has 0 unspecified atom stereocenters. The Kier molecular flexibility index (Phi) is 7.71. The Hall–Kier alpha value is -2.49. The van der Waals surface area contributed by atoms with Gasteiger partial charge in [0.1, 0.15) is 11.6 Å². The monoisotopic (exact) mass is 448 g/mol. The minimum Gasteiger partial charge on any atom is -0.490 e. The van der Waals surface area contributed by atoms with E-state index in [1.165, 1.54) is 6.08 Å². The highest BCUT2D eigenvalue weighted by molar-refractivity contribution is 9.10. The van der Waals surface area contributed by atoms with Crippen LogP contribution in [0.5, 0.6) is 11.5 Å². The van der Waals surface area contributed by atoms with Crippen LogP contribution in [0.3, 0.4) is 0 Å². The summed E-state index contributed by atoms with van der Waals surface area (Å²) in [6, 6.07) is 12.1. The van der Waals surface area contributed by atoms with Crippen LogP contribution in [0.1, 0.15) is 19.4 Å². The molecule has 0 bridgehead atoms. The first-order chi connectivity index (χ1) is 13.0. The van der Waals surface area contributed by atoms with Gasteiger partial charge in [-0.15, -0.1) is 0 Å². The highest BCUT2D eigenvalue weighted by Gasteiger charge is 2.14. The maximum absolute atomic E-state index is 12.4. The number of nitrogens with zero attached hydrogens (tertiary/aromatic N) is 1. The van der Waals surface area contributed by atoms with E-state index < -0.39 is 5.91 Å². The number of anilines is 1. The third-order valence-corrected chi connectivity index (χ3v) is 4.24. The lowest BCUT2D eigenvalue weighted by molar-refractivity contribution is -0.112. The van der Waals surface area contributed by atoms with Gasteiger partial charge in [0.2, 0.25) is 0 Å². The number of amides is 1. The van der Waals surface area contributed by atoms with Gasteiger partial charge in [0.25, 0.3) is 5.91 Å². The molecule has 7 heteroatoms. The number of benzene rings is 2. The second-order valence-corrected chi connectivity index (χ2v) is 6.62. The minimum atomic E-state index is -0.511. The zero-order valence-corrected chi connectivity index (χ0v) is 17.2. The number of nitriles is 1. The molecule has 0 heterocycles. The molecule has 0 radical (unpaired) electrons. The van der Waals surface area contributed by atoms with Crippen molar-refractivity contribution < 1.29 is 14.3 Å². The summed E-state index contributed by atoms with van der Waals surface area (Å²) in [5.41, 5.74) is 1.15. The predicted molar refractivity (Wildman–Crippen MR) is 110 cm³/mol. The molecule has 140 valence electrons. The number of hydrogen-bond acceptors (Lipinski definition) is 4. The standard InChI is InChI=1S/C20H18BrClN2O3/c1-3-26-18-11-13(10-17(21)19(18)27-4-2)9-14(12-23)20(25)24-16-7-5-15(22)6-8-16/h5-11H,3-4H2,1-2H3,(H,24,25)/b14-9-. The summed E-state index contributed by atoms with van der Waals surface area (Å²) in [7, 11) is 0. The molecule has 2 aromatic rings. The maximum Gasteiger partial charge on any atom is 0.266 e. The minimum absolute atomic E-state index is 0.0385. The van der Waals surface area contributed by atoms with Gasteiger partial charge in [-0.3, -0.25) is 4.79 Å². The van der Waals surface area contributed by atoms with E-state index in [9.17, 15) is 10.1 Å². The number of carbonyl (C=O) groups is 1. The molecule has 0 aliphatic carbocycles.